The van der Waals surface area contributed by atoms with Crippen molar-refractivity contribution in [2.45, 2.75) is 44.9 Å². The van der Waals surface area contributed by atoms with Gasteiger partial charge >= 0.3 is 6.18 Å². The number of hydrogen-bond donors (Lipinski definition) is 1. The fourth-order valence-corrected chi connectivity index (χ4v) is 3.28. The van der Waals surface area contributed by atoms with Crippen LogP contribution in [-0.2, 0) is 6.18 Å². The quantitative estimate of drug-likeness (QED) is 0.919. The maximum Gasteiger partial charge on any atom is 0.421 e. The van der Waals surface area contributed by atoms with Gasteiger partial charge in [-0.2, -0.15) is 18.2 Å². The third-order valence-corrected chi connectivity index (χ3v) is 4.70. The van der Waals surface area contributed by atoms with Gasteiger partial charge in [0.2, 0.25) is 11.8 Å². The van der Waals surface area contributed by atoms with Gasteiger partial charge in [0.25, 0.3) is 0 Å². The molecular formula is C16H21F3N2O2. The van der Waals surface area contributed by atoms with Crippen LogP contribution in [0.15, 0.2) is 12.1 Å². The van der Waals surface area contributed by atoms with E-state index in [0.717, 1.165) is 44.8 Å². The SMILES string of the molecule is CCOc1nc(OC2CCC3(CC2)CNC3)ccc1C(F)(F)F. The van der Waals surface area contributed by atoms with Crippen LogP contribution in [0.25, 0.3) is 0 Å². The lowest BCUT2D eigenvalue weighted by Crippen LogP contribution is -2.55. The molecule has 2 fully saturated rings. The second-order valence-electron chi connectivity index (χ2n) is 6.35. The van der Waals surface area contributed by atoms with Crippen LogP contribution >= 0.6 is 0 Å². The number of hydrogen-bond acceptors (Lipinski definition) is 4. The number of nitrogens with zero attached hydrogens (tertiary/aromatic N) is 1. The molecule has 0 radical (unpaired) electrons. The summed E-state index contributed by atoms with van der Waals surface area (Å²) in [4.78, 5) is 3.92. The minimum Gasteiger partial charge on any atom is -0.477 e. The minimum atomic E-state index is -4.48. The molecule has 1 aliphatic heterocycles. The standard InChI is InChI=1S/C16H21F3N2O2/c1-2-22-14-12(16(17,18)19)3-4-13(21-14)23-11-5-7-15(8-6-11)9-20-10-15/h3-4,11,20H,2,5-10H2,1H3. The van der Waals surface area contributed by atoms with E-state index in [-0.39, 0.29) is 18.6 Å². The predicted molar refractivity (Wildman–Crippen MR) is 78.6 cm³/mol. The highest BCUT2D eigenvalue weighted by Crippen LogP contribution is 2.41. The number of halogens is 3. The second kappa shape index (κ2) is 6.19. The van der Waals surface area contributed by atoms with Gasteiger partial charge in [-0.1, -0.05) is 0 Å². The van der Waals surface area contributed by atoms with Crippen LogP contribution in [-0.4, -0.2) is 30.8 Å². The zero-order chi connectivity index (χ0) is 16.5. The Bertz CT molecular complexity index is 549. The molecule has 23 heavy (non-hydrogen) atoms. The fraction of sp³-hybridized carbons (Fsp3) is 0.688. The topological polar surface area (TPSA) is 43.4 Å². The molecule has 4 nitrogen and oxygen atoms in total. The van der Waals surface area contributed by atoms with Crippen LogP contribution in [0.3, 0.4) is 0 Å². The Kier molecular flexibility index (Phi) is 4.40. The lowest BCUT2D eigenvalue weighted by atomic mass is 9.69. The van der Waals surface area contributed by atoms with Gasteiger partial charge in [-0.25, -0.2) is 0 Å². The molecule has 2 aliphatic rings. The van der Waals surface area contributed by atoms with Gasteiger partial charge in [-0.15, -0.1) is 0 Å². The average Bonchev–Trinajstić information content (AvgIpc) is 2.46. The molecule has 3 rings (SSSR count). The van der Waals surface area contributed by atoms with Gasteiger partial charge in [-0.3, -0.25) is 0 Å². The van der Waals surface area contributed by atoms with Crippen molar-refractivity contribution in [2.24, 2.45) is 5.41 Å². The van der Waals surface area contributed by atoms with Crippen LogP contribution in [0, 0.1) is 5.41 Å². The molecule has 0 aromatic carbocycles. The third kappa shape index (κ3) is 3.54. The number of rotatable bonds is 4. The zero-order valence-electron chi connectivity index (χ0n) is 13.1. The molecule has 1 saturated heterocycles. The van der Waals surface area contributed by atoms with Gasteiger partial charge < -0.3 is 14.8 Å². The molecule has 0 unspecified atom stereocenters. The van der Waals surface area contributed by atoms with Gasteiger partial charge in [0.15, 0.2) is 0 Å². The van der Waals surface area contributed by atoms with Crippen molar-refractivity contribution in [3.63, 3.8) is 0 Å². The highest BCUT2D eigenvalue weighted by molar-refractivity contribution is 5.33. The number of alkyl halides is 3. The van der Waals surface area contributed by atoms with Gasteiger partial charge in [-0.05, 0) is 44.1 Å². The fourth-order valence-electron chi connectivity index (χ4n) is 3.28. The maximum absolute atomic E-state index is 12.9. The Labute approximate surface area is 133 Å². The molecule has 1 N–H and O–H groups in total. The van der Waals surface area contributed by atoms with Gasteiger partial charge in [0, 0.05) is 19.2 Å². The Hall–Kier alpha value is -1.50. The maximum atomic E-state index is 12.9. The molecule has 0 atom stereocenters. The van der Waals surface area contributed by atoms with Crippen LogP contribution in [0.1, 0.15) is 38.2 Å². The number of nitrogens with one attached hydrogen (secondary N) is 1. The van der Waals surface area contributed by atoms with Crippen LogP contribution in [0.2, 0.25) is 0 Å². The first-order chi connectivity index (χ1) is 10.9. The van der Waals surface area contributed by atoms with E-state index in [9.17, 15) is 13.2 Å². The molecule has 2 heterocycles. The molecule has 7 heteroatoms. The minimum absolute atomic E-state index is 0.0138. The molecule has 1 aromatic rings. The molecule has 0 amide bonds. The first kappa shape index (κ1) is 16.4. The smallest absolute Gasteiger partial charge is 0.421 e. The lowest BCUT2D eigenvalue weighted by molar-refractivity contribution is -0.139. The Morgan fingerprint density at radius 3 is 2.48 bits per heavy atom. The molecule has 1 aromatic heterocycles. The van der Waals surface area contributed by atoms with E-state index in [2.05, 4.69) is 10.3 Å². The molecule has 0 bridgehead atoms. The molecule has 1 spiro atoms. The monoisotopic (exact) mass is 330 g/mol. The van der Waals surface area contributed by atoms with E-state index in [1.165, 1.54) is 6.07 Å². The van der Waals surface area contributed by atoms with E-state index in [1.54, 1.807) is 6.92 Å². The average molecular weight is 330 g/mol. The molecule has 128 valence electrons. The zero-order valence-corrected chi connectivity index (χ0v) is 13.1. The number of aromatic nitrogens is 1. The normalized spacial score (nSPS) is 21.0. The Morgan fingerprint density at radius 1 is 1.26 bits per heavy atom. The van der Waals surface area contributed by atoms with Crippen LogP contribution in [0.5, 0.6) is 11.8 Å². The van der Waals surface area contributed by atoms with E-state index in [0.29, 0.717) is 5.41 Å². The van der Waals surface area contributed by atoms with Crippen molar-refractivity contribution in [1.29, 1.82) is 0 Å². The van der Waals surface area contributed by atoms with Crippen molar-refractivity contribution < 1.29 is 22.6 Å². The molecular weight excluding hydrogens is 309 g/mol. The van der Waals surface area contributed by atoms with E-state index < -0.39 is 17.6 Å². The Morgan fingerprint density at radius 2 is 1.96 bits per heavy atom. The van der Waals surface area contributed by atoms with E-state index in [1.807, 2.05) is 0 Å². The van der Waals surface area contributed by atoms with Crippen molar-refractivity contribution in [1.82, 2.24) is 10.3 Å². The van der Waals surface area contributed by atoms with Crippen molar-refractivity contribution >= 4 is 0 Å². The first-order valence-corrected chi connectivity index (χ1v) is 8.00. The largest absolute Gasteiger partial charge is 0.477 e. The summed E-state index contributed by atoms with van der Waals surface area (Å²) in [7, 11) is 0. The van der Waals surface area contributed by atoms with Crippen LogP contribution < -0.4 is 14.8 Å². The molecule has 1 aliphatic carbocycles. The Balaban J connectivity index is 1.67. The van der Waals surface area contributed by atoms with Crippen molar-refractivity contribution in [3.05, 3.63) is 17.7 Å². The third-order valence-electron chi connectivity index (χ3n) is 4.70. The number of pyridine rings is 1. The van der Waals surface area contributed by atoms with E-state index >= 15 is 0 Å². The van der Waals surface area contributed by atoms with E-state index in [4.69, 9.17) is 9.47 Å². The summed E-state index contributed by atoms with van der Waals surface area (Å²) in [6.07, 6.45) is -0.472. The summed E-state index contributed by atoms with van der Waals surface area (Å²) in [5.41, 5.74) is -0.445. The van der Waals surface area contributed by atoms with Gasteiger partial charge in [0.05, 0.1) is 6.61 Å². The summed E-state index contributed by atoms with van der Waals surface area (Å²) in [6.45, 7) is 3.88. The summed E-state index contributed by atoms with van der Waals surface area (Å²) in [5.74, 6) is -0.206. The van der Waals surface area contributed by atoms with Crippen molar-refractivity contribution in [2.75, 3.05) is 19.7 Å². The number of ether oxygens (including phenoxy) is 2. The highest BCUT2D eigenvalue weighted by Gasteiger charge is 2.41. The summed E-state index contributed by atoms with van der Waals surface area (Å²) < 4.78 is 49.6. The first-order valence-electron chi connectivity index (χ1n) is 8.00. The van der Waals surface area contributed by atoms with Gasteiger partial charge in [0.1, 0.15) is 11.7 Å². The van der Waals surface area contributed by atoms with Crippen molar-refractivity contribution in [3.8, 4) is 11.8 Å². The summed E-state index contributed by atoms with van der Waals surface area (Å²) in [5, 5.41) is 3.30. The molecule has 1 saturated carbocycles. The predicted octanol–water partition coefficient (Wildman–Crippen LogP) is 3.41. The van der Waals surface area contributed by atoms with Crippen LogP contribution in [0.4, 0.5) is 13.2 Å². The highest BCUT2D eigenvalue weighted by atomic mass is 19.4. The summed E-state index contributed by atoms with van der Waals surface area (Å²) >= 11 is 0. The summed E-state index contributed by atoms with van der Waals surface area (Å²) in [6, 6.07) is 2.26. The second-order valence-corrected chi connectivity index (χ2v) is 6.35. The lowest BCUT2D eigenvalue weighted by Gasteiger charge is -2.47.